The maximum absolute atomic E-state index is 12.4. The summed E-state index contributed by atoms with van der Waals surface area (Å²) in [5, 5.41) is 9.05. The number of sulfonamides is 1. The van der Waals surface area contributed by atoms with E-state index < -0.39 is 10.0 Å². The highest BCUT2D eigenvalue weighted by Crippen LogP contribution is 2.21. The van der Waals surface area contributed by atoms with E-state index in [0.717, 1.165) is 5.56 Å². The predicted molar refractivity (Wildman–Crippen MR) is 80.1 cm³/mol. The van der Waals surface area contributed by atoms with Gasteiger partial charge in [0.2, 0.25) is 0 Å². The summed E-state index contributed by atoms with van der Waals surface area (Å²) in [6, 6.07) is 9.35. The molecule has 3 N–H and O–H groups in total. The summed E-state index contributed by atoms with van der Waals surface area (Å²) in [7, 11) is -3.90. The molecule has 0 amide bonds. The van der Waals surface area contributed by atoms with Crippen molar-refractivity contribution in [3.63, 3.8) is 0 Å². The highest BCUT2D eigenvalue weighted by atomic mass is 32.2. The number of nitrogens with zero attached hydrogens (tertiary/aromatic N) is 2. The van der Waals surface area contributed by atoms with Gasteiger partial charge in [0.25, 0.3) is 10.0 Å². The van der Waals surface area contributed by atoms with Crippen molar-refractivity contribution in [3.05, 3.63) is 47.2 Å². The van der Waals surface area contributed by atoms with Crippen molar-refractivity contribution in [1.29, 1.82) is 5.26 Å². The second-order valence-electron chi connectivity index (χ2n) is 4.64. The maximum Gasteiger partial charge on any atom is 0.264 e. The van der Waals surface area contributed by atoms with Crippen molar-refractivity contribution in [2.75, 3.05) is 10.5 Å². The minimum absolute atomic E-state index is 0.00752. The third-order valence-electron chi connectivity index (χ3n) is 2.75. The van der Waals surface area contributed by atoms with Gasteiger partial charge in [-0.25, -0.2) is 13.4 Å². The quantitative estimate of drug-likeness (QED) is 0.842. The predicted octanol–water partition coefficient (Wildman–Crippen LogP) is 1.95. The minimum atomic E-state index is -3.90. The van der Waals surface area contributed by atoms with Gasteiger partial charge < -0.3 is 5.73 Å². The molecule has 2 rings (SSSR count). The van der Waals surface area contributed by atoms with E-state index in [0.29, 0.717) is 11.4 Å². The number of nitrogen functional groups attached to an aromatic ring is 1. The molecule has 1 aromatic heterocycles. The average molecular weight is 302 g/mol. The Balaban J connectivity index is 2.46. The summed E-state index contributed by atoms with van der Waals surface area (Å²) < 4.78 is 27.1. The third kappa shape index (κ3) is 3.30. The largest absolute Gasteiger partial charge is 0.399 e. The molecule has 7 heteroatoms. The monoisotopic (exact) mass is 302 g/mol. The van der Waals surface area contributed by atoms with Crippen molar-refractivity contribution in [3.8, 4) is 6.07 Å². The number of rotatable bonds is 3. The standard InChI is InChI=1S/C14H14N4O2S/c1-9-5-10(2)17-14(6-9)18-21(19,20)13-4-3-12(16)7-11(13)8-15/h3-7H,16H2,1-2H3,(H,17,18). The smallest absolute Gasteiger partial charge is 0.264 e. The molecule has 0 bridgehead atoms. The molecule has 108 valence electrons. The Hall–Kier alpha value is -2.59. The highest BCUT2D eigenvalue weighted by Gasteiger charge is 2.19. The van der Waals surface area contributed by atoms with Crippen LogP contribution in [-0.4, -0.2) is 13.4 Å². The fourth-order valence-corrected chi connectivity index (χ4v) is 3.09. The zero-order chi connectivity index (χ0) is 15.6. The van der Waals surface area contributed by atoms with Crippen LogP contribution in [0.15, 0.2) is 35.2 Å². The van der Waals surface area contributed by atoms with Crippen LogP contribution in [0, 0.1) is 25.2 Å². The Morgan fingerprint density at radius 2 is 1.95 bits per heavy atom. The van der Waals surface area contributed by atoms with Crippen LogP contribution in [0.4, 0.5) is 11.5 Å². The van der Waals surface area contributed by atoms with Crippen molar-refractivity contribution < 1.29 is 8.42 Å². The zero-order valence-corrected chi connectivity index (χ0v) is 12.4. The molecule has 6 nitrogen and oxygen atoms in total. The Morgan fingerprint density at radius 3 is 2.57 bits per heavy atom. The van der Waals surface area contributed by atoms with Crippen molar-refractivity contribution in [2.24, 2.45) is 0 Å². The van der Waals surface area contributed by atoms with Crippen LogP contribution in [0.25, 0.3) is 0 Å². The molecule has 0 spiro atoms. The lowest BCUT2D eigenvalue weighted by molar-refractivity contribution is 0.601. The number of nitrogens with two attached hydrogens (primary N) is 1. The number of hydrogen-bond acceptors (Lipinski definition) is 5. The van der Waals surface area contributed by atoms with Gasteiger partial charge in [0.15, 0.2) is 0 Å². The van der Waals surface area contributed by atoms with Gasteiger partial charge in [0.05, 0.1) is 5.56 Å². The van der Waals surface area contributed by atoms with Crippen molar-refractivity contribution >= 4 is 21.5 Å². The van der Waals surface area contributed by atoms with Crippen LogP contribution >= 0.6 is 0 Å². The number of benzene rings is 1. The number of nitriles is 1. The first kappa shape index (κ1) is 14.8. The van der Waals surface area contributed by atoms with Gasteiger partial charge in [-0.3, -0.25) is 4.72 Å². The molecular weight excluding hydrogens is 288 g/mol. The lowest BCUT2D eigenvalue weighted by atomic mass is 10.2. The number of aromatic nitrogens is 1. The molecule has 0 aliphatic heterocycles. The topological polar surface area (TPSA) is 109 Å². The lowest BCUT2D eigenvalue weighted by Gasteiger charge is -2.10. The van der Waals surface area contributed by atoms with Gasteiger partial charge in [0, 0.05) is 11.4 Å². The van der Waals surface area contributed by atoms with E-state index in [1.54, 1.807) is 13.0 Å². The molecule has 0 atom stereocenters. The Kier molecular flexibility index (Phi) is 3.82. The number of nitrogens with one attached hydrogen (secondary N) is 1. The molecule has 0 saturated carbocycles. The Bertz CT molecular complexity index is 818. The highest BCUT2D eigenvalue weighted by molar-refractivity contribution is 7.92. The van der Waals surface area contributed by atoms with Crippen LogP contribution in [0.5, 0.6) is 0 Å². The van der Waals surface area contributed by atoms with Crippen LogP contribution < -0.4 is 10.5 Å². The summed E-state index contributed by atoms with van der Waals surface area (Å²) in [4.78, 5) is 4.00. The molecule has 0 saturated heterocycles. The molecule has 0 fully saturated rings. The fourth-order valence-electron chi connectivity index (χ4n) is 1.96. The Morgan fingerprint density at radius 1 is 1.24 bits per heavy atom. The molecule has 0 aliphatic rings. The first-order valence-corrected chi connectivity index (χ1v) is 7.58. The summed E-state index contributed by atoms with van der Waals surface area (Å²) in [6.45, 7) is 3.62. The van der Waals surface area contributed by atoms with Gasteiger partial charge in [-0.1, -0.05) is 0 Å². The van der Waals surface area contributed by atoms with E-state index in [9.17, 15) is 8.42 Å². The average Bonchev–Trinajstić information content (AvgIpc) is 2.36. The van der Waals surface area contributed by atoms with Crippen LogP contribution in [0.3, 0.4) is 0 Å². The molecule has 21 heavy (non-hydrogen) atoms. The van der Waals surface area contributed by atoms with E-state index >= 15 is 0 Å². The van der Waals surface area contributed by atoms with Crippen LogP contribution in [-0.2, 0) is 10.0 Å². The van der Waals surface area contributed by atoms with E-state index in [2.05, 4.69) is 9.71 Å². The number of aryl methyl sites for hydroxylation is 2. The molecule has 0 unspecified atom stereocenters. The summed E-state index contributed by atoms with van der Waals surface area (Å²) >= 11 is 0. The van der Waals surface area contributed by atoms with E-state index in [1.165, 1.54) is 18.2 Å². The number of hydrogen-bond donors (Lipinski definition) is 2. The lowest BCUT2D eigenvalue weighted by Crippen LogP contribution is -2.16. The maximum atomic E-state index is 12.4. The van der Waals surface area contributed by atoms with Gasteiger partial charge in [-0.15, -0.1) is 0 Å². The van der Waals surface area contributed by atoms with Crippen molar-refractivity contribution in [1.82, 2.24) is 4.98 Å². The van der Waals surface area contributed by atoms with Gasteiger partial charge in [0.1, 0.15) is 16.8 Å². The minimum Gasteiger partial charge on any atom is -0.399 e. The van der Waals surface area contributed by atoms with Crippen LogP contribution in [0.2, 0.25) is 0 Å². The van der Waals surface area contributed by atoms with E-state index in [1.807, 2.05) is 19.1 Å². The molecular formula is C14H14N4O2S. The Labute approximate surface area is 123 Å². The third-order valence-corrected chi connectivity index (χ3v) is 4.16. The second kappa shape index (κ2) is 5.42. The fraction of sp³-hybridized carbons (Fsp3) is 0.143. The molecule has 1 heterocycles. The van der Waals surface area contributed by atoms with E-state index in [4.69, 9.17) is 11.0 Å². The van der Waals surface area contributed by atoms with Crippen LogP contribution in [0.1, 0.15) is 16.8 Å². The molecule has 2 aromatic rings. The van der Waals surface area contributed by atoms with Gasteiger partial charge in [-0.05, 0) is 49.7 Å². The first-order chi connectivity index (χ1) is 9.81. The molecule has 0 aliphatic carbocycles. The summed E-state index contributed by atoms with van der Waals surface area (Å²) in [5.74, 6) is 0.216. The zero-order valence-electron chi connectivity index (χ0n) is 11.6. The number of pyridine rings is 1. The van der Waals surface area contributed by atoms with Crippen molar-refractivity contribution in [2.45, 2.75) is 18.7 Å². The number of anilines is 2. The van der Waals surface area contributed by atoms with Gasteiger partial charge in [-0.2, -0.15) is 5.26 Å². The second-order valence-corrected chi connectivity index (χ2v) is 6.29. The summed E-state index contributed by atoms with van der Waals surface area (Å²) in [6.07, 6.45) is 0. The first-order valence-electron chi connectivity index (χ1n) is 6.09. The SMILES string of the molecule is Cc1cc(C)nc(NS(=O)(=O)c2ccc(N)cc2C#N)c1. The molecule has 1 aromatic carbocycles. The molecule has 0 radical (unpaired) electrons. The van der Waals surface area contributed by atoms with E-state index in [-0.39, 0.29) is 16.3 Å². The van der Waals surface area contributed by atoms with Gasteiger partial charge >= 0.3 is 0 Å². The summed E-state index contributed by atoms with van der Waals surface area (Å²) in [5.41, 5.74) is 7.47. The normalized spacial score (nSPS) is 10.9.